The Kier molecular flexibility index (Phi) is 10.2. The Bertz CT molecular complexity index is 3110. The summed E-state index contributed by atoms with van der Waals surface area (Å²) in [4.78, 5) is 9.37. The van der Waals surface area contributed by atoms with Crippen molar-refractivity contribution >= 4 is 62.1 Å². The molecule has 0 aliphatic rings. The molecule has 0 saturated heterocycles. The molecular weight excluding hydrogens is 715 g/mol. The summed E-state index contributed by atoms with van der Waals surface area (Å²) in [7, 11) is 0. The predicted molar refractivity (Wildman–Crippen MR) is 253 cm³/mol. The minimum Gasteiger partial charge on any atom is -0.300 e. The molecule has 59 heavy (non-hydrogen) atoms. The van der Waals surface area contributed by atoms with Gasteiger partial charge in [0, 0.05) is 29.7 Å². The van der Waals surface area contributed by atoms with Crippen LogP contribution in [0.25, 0.3) is 83.5 Å². The second-order valence-electron chi connectivity index (χ2n) is 14.6. The zero-order chi connectivity index (χ0) is 40.1. The van der Waals surface area contributed by atoms with E-state index in [1.54, 1.807) is 6.20 Å². The first-order valence-electron chi connectivity index (χ1n) is 19.9. The molecule has 3 heteroatoms. The summed E-state index contributed by atoms with van der Waals surface area (Å²) in [6.45, 7) is 6.16. The van der Waals surface area contributed by atoms with Gasteiger partial charge >= 0.3 is 0 Å². The third-order valence-corrected chi connectivity index (χ3v) is 11.0. The molecule has 0 radical (unpaired) electrons. The van der Waals surface area contributed by atoms with E-state index < -0.39 is 0 Å². The summed E-state index contributed by atoms with van der Waals surface area (Å²) in [5, 5.41) is 16.6. The number of fused-ring (bicyclic) bond motifs is 4. The molecule has 1 N–H and O–H groups in total. The molecule has 1 heterocycles. The minimum absolute atomic E-state index is 0.377. The summed E-state index contributed by atoms with van der Waals surface area (Å²) >= 11 is 0. The average Bonchev–Trinajstić information content (AvgIpc) is 3.30. The van der Waals surface area contributed by atoms with Gasteiger partial charge in [0.2, 0.25) is 0 Å². The van der Waals surface area contributed by atoms with E-state index in [1.807, 2.05) is 49.7 Å². The molecular formula is C56H41N3. The quantitative estimate of drug-likeness (QED) is 0.110. The summed E-state index contributed by atoms with van der Waals surface area (Å²) in [6, 6.07) is 59.3. The van der Waals surface area contributed by atoms with E-state index in [0.29, 0.717) is 11.4 Å². The Balaban J connectivity index is 1.08. The first kappa shape index (κ1) is 36.9. The maximum atomic E-state index is 9.42. The van der Waals surface area contributed by atoms with E-state index in [4.69, 9.17) is 4.99 Å². The third-order valence-electron chi connectivity index (χ3n) is 11.0. The van der Waals surface area contributed by atoms with Crippen molar-refractivity contribution in [2.75, 3.05) is 0 Å². The standard InChI is InChI=1S/C56H41N3/c1-3-13-42-33-53(51-21-9-7-19-49(51)47(42)4-2)40-25-23-38(24-26-40)36-59-56(41-29-27-39(28-30-41)46-17-12-31-58-37-46)35-55(57)45-16-11-15-43(32-45)54-34-44-14-5-6-18-48(44)50-20-8-10-22-52(50)54/h3-37,57H,2H2,1H3/b13-3-,56-35-,57-55?,59-36+. The first-order valence-corrected chi connectivity index (χ1v) is 19.9. The molecule has 0 unspecified atom stereocenters. The van der Waals surface area contributed by atoms with Gasteiger partial charge in [-0.05, 0) is 120 Å². The topological polar surface area (TPSA) is 49.1 Å². The van der Waals surface area contributed by atoms with E-state index in [0.717, 1.165) is 55.6 Å². The van der Waals surface area contributed by atoms with E-state index in [2.05, 4.69) is 175 Å². The van der Waals surface area contributed by atoms with Crippen molar-refractivity contribution in [3.05, 3.63) is 229 Å². The molecule has 3 nitrogen and oxygen atoms in total. The number of pyridine rings is 1. The number of nitrogens with zero attached hydrogens (tertiary/aromatic N) is 2. The highest BCUT2D eigenvalue weighted by atomic mass is 14.7. The van der Waals surface area contributed by atoms with Crippen LogP contribution in [0.5, 0.6) is 0 Å². The number of allylic oxidation sites excluding steroid dienone is 2. The lowest BCUT2D eigenvalue weighted by atomic mass is 9.90. The highest BCUT2D eigenvalue weighted by molar-refractivity contribution is 6.15. The molecule has 0 bridgehead atoms. The third kappa shape index (κ3) is 7.46. The summed E-state index contributed by atoms with van der Waals surface area (Å²) in [5.74, 6) is 0. The van der Waals surface area contributed by atoms with Crippen molar-refractivity contribution in [3.8, 4) is 33.4 Å². The molecule has 0 fully saturated rings. The first-order chi connectivity index (χ1) is 29.1. The van der Waals surface area contributed by atoms with Gasteiger partial charge in [0.1, 0.15) is 0 Å². The maximum Gasteiger partial charge on any atom is 0.0723 e. The van der Waals surface area contributed by atoms with Gasteiger partial charge in [-0.25, -0.2) is 0 Å². The normalized spacial score (nSPS) is 11.9. The fourth-order valence-corrected chi connectivity index (χ4v) is 8.03. The number of aliphatic imine (C=N–C) groups is 1. The van der Waals surface area contributed by atoms with Crippen LogP contribution >= 0.6 is 0 Å². The van der Waals surface area contributed by atoms with Crippen molar-refractivity contribution in [2.45, 2.75) is 6.92 Å². The van der Waals surface area contributed by atoms with Gasteiger partial charge in [-0.2, -0.15) is 0 Å². The smallest absolute Gasteiger partial charge is 0.0723 e. The molecule has 0 amide bonds. The highest BCUT2D eigenvalue weighted by Gasteiger charge is 2.13. The molecule has 1 aromatic heterocycles. The van der Waals surface area contributed by atoms with Crippen LogP contribution in [0, 0.1) is 5.41 Å². The second kappa shape index (κ2) is 16.4. The zero-order valence-corrected chi connectivity index (χ0v) is 32.8. The van der Waals surface area contributed by atoms with Gasteiger partial charge < -0.3 is 5.41 Å². The Morgan fingerprint density at radius 2 is 1.24 bits per heavy atom. The van der Waals surface area contributed by atoms with Crippen LogP contribution in [-0.4, -0.2) is 16.9 Å². The van der Waals surface area contributed by atoms with Crippen LogP contribution < -0.4 is 0 Å². The monoisotopic (exact) mass is 755 g/mol. The highest BCUT2D eigenvalue weighted by Crippen LogP contribution is 2.37. The van der Waals surface area contributed by atoms with Crippen molar-refractivity contribution in [1.82, 2.24) is 4.98 Å². The summed E-state index contributed by atoms with van der Waals surface area (Å²) in [6.07, 6.45) is 13.6. The fraction of sp³-hybridized carbons (Fsp3) is 0.0179. The number of hydrogen-bond donors (Lipinski definition) is 1. The van der Waals surface area contributed by atoms with Gasteiger partial charge in [-0.3, -0.25) is 9.98 Å². The summed E-state index contributed by atoms with van der Waals surface area (Å²) < 4.78 is 0. The van der Waals surface area contributed by atoms with Crippen LogP contribution in [0.4, 0.5) is 0 Å². The van der Waals surface area contributed by atoms with Crippen LogP contribution in [0.1, 0.15) is 34.7 Å². The van der Waals surface area contributed by atoms with Crippen molar-refractivity contribution < 1.29 is 0 Å². The lowest BCUT2D eigenvalue weighted by Gasteiger charge is -2.13. The number of aromatic nitrogens is 1. The van der Waals surface area contributed by atoms with E-state index >= 15 is 0 Å². The van der Waals surface area contributed by atoms with Crippen LogP contribution in [0.3, 0.4) is 0 Å². The van der Waals surface area contributed by atoms with Crippen molar-refractivity contribution in [1.29, 1.82) is 5.41 Å². The largest absolute Gasteiger partial charge is 0.300 e. The molecule has 0 saturated carbocycles. The van der Waals surface area contributed by atoms with Gasteiger partial charge in [0.25, 0.3) is 0 Å². The van der Waals surface area contributed by atoms with Gasteiger partial charge in [0.15, 0.2) is 0 Å². The van der Waals surface area contributed by atoms with E-state index in [9.17, 15) is 5.41 Å². The Hall–Kier alpha value is -7.75. The van der Waals surface area contributed by atoms with Crippen LogP contribution in [0.15, 0.2) is 206 Å². The number of nitrogens with one attached hydrogen (secondary N) is 1. The van der Waals surface area contributed by atoms with Gasteiger partial charge in [-0.15, -0.1) is 0 Å². The molecule has 8 aromatic carbocycles. The van der Waals surface area contributed by atoms with Crippen LogP contribution in [-0.2, 0) is 0 Å². The molecule has 9 aromatic rings. The van der Waals surface area contributed by atoms with Gasteiger partial charge in [-0.1, -0.05) is 170 Å². The maximum absolute atomic E-state index is 9.42. The van der Waals surface area contributed by atoms with Crippen molar-refractivity contribution in [3.63, 3.8) is 0 Å². The number of hydrogen-bond acceptors (Lipinski definition) is 3. The predicted octanol–water partition coefficient (Wildman–Crippen LogP) is 14.7. The van der Waals surface area contributed by atoms with E-state index in [-0.39, 0.29) is 0 Å². The minimum atomic E-state index is 0.377. The van der Waals surface area contributed by atoms with Gasteiger partial charge in [0.05, 0.1) is 11.4 Å². The second-order valence-corrected chi connectivity index (χ2v) is 14.6. The Morgan fingerprint density at radius 3 is 1.97 bits per heavy atom. The fourth-order valence-electron chi connectivity index (χ4n) is 8.03. The Labute approximate surface area is 345 Å². The molecule has 0 spiro atoms. The molecule has 0 aliphatic carbocycles. The zero-order valence-electron chi connectivity index (χ0n) is 32.8. The Morgan fingerprint density at radius 1 is 0.576 bits per heavy atom. The van der Waals surface area contributed by atoms with E-state index in [1.165, 1.54) is 37.9 Å². The summed E-state index contributed by atoms with van der Waals surface area (Å²) in [5.41, 5.74) is 12.7. The van der Waals surface area contributed by atoms with Crippen molar-refractivity contribution in [2.24, 2.45) is 4.99 Å². The van der Waals surface area contributed by atoms with Crippen LogP contribution in [0.2, 0.25) is 0 Å². The number of benzene rings is 8. The molecule has 0 atom stereocenters. The number of rotatable bonds is 10. The lowest BCUT2D eigenvalue weighted by Crippen LogP contribution is -1.98. The molecule has 9 rings (SSSR count). The molecule has 280 valence electrons. The lowest BCUT2D eigenvalue weighted by molar-refractivity contribution is 1.33. The average molecular weight is 756 g/mol. The molecule has 0 aliphatic heterocycles. The SMILES string of the molecule is C=Cc1c(/C=C\C)cc(-c2ccc(/C=N/C(=C\C(=N)c3cccc(-c4cc5ccccc5c5ccccc45)c3)c3ccc(-c4cccnc4)cc3)cc2)c2ccccc12.